The van der Waals surface area contributed by atoms with E-state index in [9.17, 15) is 13.2 Å². The van der Waals surface area contributed by atoms with Gasteiger partial charge in [0.05, 0.1) is 0 Å². The molecule has 1 fully saturated rings. The number of carbonyl (C=O) groups excluding carboxylic acids is 1. The Labute approximate surface area is 160 Å². The summed E-state index contributed by atoms with van der Waals surface area (Å²) < 4.78 is 28.3. The van der Waals surface area contributed by atoms with E-state index in [0.717, 1.165) is 30.6 Å². The van der Waals surface area contributed by atoms with Crippen LogP contribution >= 0.6 is 23.7 Å². The van der Waals surface area contributed by atoms with Gasteiger partial charge >= 0.3 is 0 Å². The van der Waals surface area contributed by atoms with Crippen molar-refractivity contribution < 1.29 is 13.2 Å². The van der Waals surface area contributed by atoms with Crippen LogP contribution in [-0.4, -0.2) is 33.5 Å². The Morgan fingerprint density at radius 3 is 2.60 bits per heavy atom. The van der Waals surface area contributed by atoms with Gasteiger partial charge in [-0.05, 0) is 37.3 Å². The lowest BCUT2D eigenvalue weighted by Crippen LogP contribution is -2.45. The lowest BCUT2D eigenvalue weighted by atomic mass is 9.84. The maximum Gasteiger partial charge on any atom is 0.250 e. The molecular weight excluding hydrogens is 382 g/mol. The zero-order valence-corrected chi connectivity index (χ0v) is 16.9. The highest BCUT2D eigenvalue weighted by molar-refractivity contribution is 7.91. The van der Waals surface area contributed by atoms with E-state index < -0.39 is 10.0 Å². The van der Waals surface area contributed by atoms with Gasteiger partial charge in [0, 0.05) is 30.9 Å². The molecule has 1 saturated carbocycles. The van der Waals surface area contributed by atoms with Crippen molar-refractivity contribution in [3.63, 3.8) is 0 Å². The van der Waals surface area contributed by atoms with Crippen LogP contribution in [0.1, 0.15) is 43.9 Å². The van der Waals surface area contributed by atoms with Crippen molar-refractivity contribution >= 4 is 39.7 Å². The van der Waals surface area contributed by atoms with Gasteiger partial charge in [-0.2, -0.15) is 0 Å². The fraction of sp³-hybridized carbons (Fsp3) is 0.688. The Morgan fingerprint density at radius 2 is 2.00 bits per heavy atom. The minimum Gasteiger partial charge on any atom is -0.356 e. The van der Waals surface area contributed by atoms with Crippen molar-refractivity contribution in [2.75, 3.05) is 13.1 Å². The van der Waals surface area contributed by atoms with E-state index in [1.165, 1.54) is 24.7 Å². The fourth-order valence-corrected chi connectivity index (χ4v) is 5.82. The van der Waals surface area contributed by atoms with Gasteiger partial charge in [0.2, 0.25) is 15.9 Å². The van der Waals surface area contributed by atoms with Crippen molar-refractivity contribution in [3.8, 4) is 0 Å². The minimum absolute atomic E-state index is 0. The van der Waals surface area contributed by atoms with Crippen molar-refractivity contribution in [3.05, 3.63) is 17.0 Å². The first-order valence-electron chi connectivity index (χ1n) is 8.48. The largest absolute Gasteiger partial charge is 0.356 e. The van der Waals surface area contributed by atoms with Gasteiger partial charge in [-0.1, -0.05) is 19.3 Å². The topological polar surface area (TPSA) is 101 Å². The van der Waals surface area contributed by atoms with Gasteiger partial charge in [-0.15, -0.1) is 23.7 Å². The summed E-state index contributed by atoms with van der Waals surface area (Å²) in [5.74, 6) is 0.247. The number of hydrogen-bond acceptors (Lipinski definition) is 5. The predicted molar refractivity (Wildman–Crippen MR) is 104 cm³/mol. The summed E-state index contributed by atoms with van der Waals surface area (Å²) in [5.41, 5.74) is 5.82. The quantitative estimate of drug-likeness (QED) is 0.611. The molecule has 0 radical (unpaired) electrons. The van der Waals surface area contributed by atoms with Crippen molar-refractivity contribution in [2.24, 2.45) is 11.7 Å². The number of thiophene rings is 1. The summed E-state index contributed by atoms with van der Waals surface area (Å²) in [6.07, 6.45) is 6.23. The third kappa shape index (κ3) is 6.86. The monoisotopic (exact) mass is 409 g/mol. The Hall–Kier alpha value is -0.670. The fourth-order valence-electron chi connectivity index (χ4n) is 3.13. The van der Waals surface area contributed by atoms with Crippen LogP contribution in [0, 0.1) is 5.92 Å². The van der Waals surface area contributed by atoms with E-state index in [2.05, 4.69) is 10.0 Å². The highest BCUT2D eigenvalue weighted by Crippen LogP contribution is 2.28. The molecule has 1 aliphatic rings. The predicted octanol–water partition coefficient (Wildman–Crippen LogP) is 2.03. The van der Waals surface area contributed by atoms with Crippen LogP contribution in [0.25, 0.3) is 0 Å². The van der Waals surface area contributed by atoms with Crippen LogP contribution in [0.4, 0.5) is 0 Å². The molecule has 2 rings (SSSR count). The average molecular weight is 410 g/mol. The second kappa shape index (κ2) is 10.5. The van der Waals surface area contributed by atoms with Gasteiger partial charge in [-0.3, -0.25) is 4.79 Å². The van der Waals surface area contributed by atoms with Gasteiger partial charge in [0.1, 0.15) is 4.21 Å². The molecule has 0 saturated heterocycles. The molecule has 4 N–H and O–H groups in total. The smallest absolute Gasteiger partial charge is 0.250 e. The van der Waals surface area contributed by atoms with Crippen molar-refractivity contribution in [2.45, 2.75) is 55.7 Å². The third-order valence-corrected chi connectivity index (χ3v) is 7.55. The van der Waals surface area contributed by atoms with Crippen LogP contribution in [0.2, 0.25) is 0 Å². The Bertz CT molecular complexity index is 643. The number of nitrogens with one attached hydrogen (secondary N) is 2. The Balaban J connectivity index is 0.00000312. The second-order valence-corrected chi connectivity index (χ2v) is 9.42. The maximum atomic E-state index is 12.6. The van der Waals surface area contributed by atoms with E-state index in [-0.39, 0.29) is 24.4 Å². The molecule has 1 amide bonds. The molecule has 0 aromatic carbocycles. The van der Waals surface area contributed by atoms with Crippen LogP contribution < -0.4 is 15.8 Å². The molecule has 1 aromatic rings. The summed E-state index contributed by atoms with van der Waals surface area (Å²) >= 11 is 1.25. The average Bonchev–Trinajstić information content (AvgIpc) is 3.03. The molecule has 1 unspecified atom stereocenters. The number of rotatable bonds is 8. The van der Waals surface area contributed by atoms with Gasteiger partial charge in [0.15, 0.2) is 0 Å². The van der Waals surface area contributed by atoms with E-state index in [1.807, 2.05) is 0 Å². The summed E-state index contributed by atoms with van der Waals surface area (Å²) in [6.45, 7) is 2.30. The number of sulfonamides is 1. The maximum absolute atomic E-state index is 12.6. The molecular formula is C16H28ClN3O3S2. The third-order valence-electron chi connectivity index (χ3n) is 4.43. The van der Waals surface area contributed by atoms with E-state index in [0.29, 0.717) is 29.6 Å². The van der Waals surface area contributed by atoms with Crippen LogP contribution in [0.15, 0.2) is 16.3 Å². The molecule has 1 heterocycles. The van der Waals surface area contributed by atoms with Crippen LogP contribution in [0.5, 0.6) is 0 Å². The number of hydrogen-bond donors (Lipinski definition) is 3. The molecule has 0 spiro atoms. The second-order valence-electron chi connectivity index (χ2n) is 6.32. The van der Waals surface area contributed by atoms with E-state index >= 15 is 0 Å². The molecule has 0 aliphatic heterocycles. The molecule has 9 heteroatoms. The van der Waals surface area contributed by atoms with Gasteiger partial charge in [0.25, 0.3) is 0 Å². The molecule has 1 aromatic heterocycles. The van der Waals surface area contributed by atoms with E-state index in [4.69, 9.17) is 5.73 Å². The molecule has 6 nitrogen and oxygen atoms in total. The number of amides is 1. The summed E-state index contributed by atoms with van der Waals surface area (Å²) in [4.78, 5) is 11.8. The molecule has 1 aliphatic carbocycles. The zero-order valence-electron chi connectivity index (χ0n) is 14.5. The van der Waals surface area contributed by atoms with E-state index in [1.54, 1.807) is 12.1 Å². The summed E-state index contributed by atoms with van der Waals surface area (Å²) in [5, 5.41) is 2.71. The first-order chi connectivity index (χ1) is 11.4. The minimum atomic E-state index is -3.54. The number of carbonyl (C=O) groups is 1. The lowest BCUT2D eigenvalue weighted by molar-refractivity contribution is -0.118. The van der Waals surface area contributed by atoms with Gasteiger partial charge in [-0.25, -0.2) is 13.1 Å². The van der Waals surface area contributed by atoms with Crippen LogP contribution in [-0.2, 0) is 21.2 Å². The first kappa shape index (κ1) is 22.4. The molecule has 1 atom stereocenters. The SMILES string of the molecule is CC(=O)NCCc1ccc(S(=O)(=O)NC(CN)C2CCCCC2)s1.Cl. The zero-order chi connectivity index (χ0) is 17.6. The standard InChI is InChI=1S/C16H27N3O3S2.ClH/c1-12(20)18-10-9-14-7-8-16(23-14)24(21,22)19-15(11-17)13-5-3-2-4-6-13;/h7-8,13,15,19H,2-6,9-11,17H2,1H3,(H,18,20);1H. The van der Waals surface area contributed by atoms with Crippen molar-refractivity contribution in [1.29, 1.82) is 0 Å². The summed E-state index contributed by atoms with van der Waals surface area (Å²) in [6, 6.07) is 3.24. The molecule has 25 heavy (non-hydrogen) atoms. The Kier molecular flexibility index (Phi) is 9.37. The van der Waals surface area contributed by atoms with Crippen LogP contribution in [0.3, 0.4) is 0 Å². The summed E-state index contributed by atoms with van der Waals surface area (Å²) in [7, 11) is -3.54. The highest BCUT2D eigenvalue weighted by Gasteiger charge is 2.28. The first-order valence-corrected chi connectivity index (χ1v) is 10.8. The van der Waals surface area contributed by atoms with Crippen molar-refractivity contribution in [1.82, 2.24) is 10.0 Å². The number of nitrogens with two attached hydrogens (primary N) is 1. The Morgan fingerprint density at radius 1 is 1.32 bits per heavy atom. The molecule has 144 valence electrons. The molecule has 0 bridgehead atoms. The number of halogens is 1. The lowest BCUT2D eigenvalue weighted by Gasteiger charge is -2.29. The highest BCUT2D eigenvalue weighted by atomic mass is 35.5. The normalized spacial score (nSPS) is 16.9. The van der Waals surface area contributed by atoms with Gasteiger partial charge < -0.3 is 11.1 Å².